The van der Waals surface area contributed by atoms with E-state index in [1.807, 2.05) is 40.5 Å². The molecule has 34 heavy (non-hydrogen) atoms. The molecule has 0 aliphatic heterocycles. The fourth-order valence-corrected chi connectivity index (χ4v) is 3.38. The van der Waals surface area contributed by atoms with Crippen LogP contribution in [-0.4, -0.2) is 59.7 Å². The van der Waals surface area contributed by atoms with E-state index >= 15 is 0 Å². The van der Waals surface area contributed by atoms with Gasteiger partial charge in [0.1, 0.15) is 32.4 Å². The maximum absolute atomic E-state index is 13.4. The molecule has 0 atom stereocenters. The van der Waals surface area contributed by atoms with Crippen molar-refractivity contribution in [1.82, 2.24) is 14.9 Å². The SMILES string of the molecule is C=[N+](C)C.CN(C)Cc1c[nH]c2cc(Br)c(F)cc12.ClCCl.Fc1cc2cc[nH]c2cc1Br.[Cl-]. The molecule has 0 saturated heterocycles. The van der Waals surface area contributed by atoms with E-state index in [-0.39, 0.29) is 29.4 Å². The molecule has 2 heterocycles. The minimum atomic E-state index is -0.225. The fourth-order valence-electron chi connectivity index (χ4n) is 2.69. The third-order valence-electron chi connectivity index (χ3n) is 3.89. The average Bonchev–Trinajstić information content (AvgIpc) is 3.30. The van der Waals surface area contributed by atoms with Gasteiger partial charge in [0.2, 0.25) is 0 Å². The van der Waals surface area contributed by atoms with Crippen molar-refractivity contribution in [2.24, 2.45) is 0 Å². The van der Waals surface area contributed by atoms with E-state index in [4.69, 9.17) is 23.2 Å². The van der Waals surface area contributed by atoms with Crippen LogP contribution in [0.25, 0.3) is 21.8 Å². The molecule has 4 rings (SSSR count). The van der Waals surface area contributed by atoms with Gasteiger partial charge in [-0.25, -0.2) is 13.4 Å². The first kappa shape index (κ1) is 32.8. The molecular weight excluding hydrogens is 636 g/mol. The molecule has 0 aliphatic rings. The summed E-state index contributed by atoms with van der Waals surface area (Å²) in [6, 6.07) is 8.39. The van der Waals surface area contributed by atoms with Gasteiger partial charge in [-0.3, -0.25) is 0 Å². The minimum absolute atomic E-state index is 0. The number of aromatic amines is 2. The van der Waals surface area contributed by atoms with E-state index in [9.17, 15) is 8.78 Å². The highest BCUT2D eigenvalue weighted by Crippen LogP contribution is 2.26. The van der Waals surface area contributed by atoms with E-state index < -0.39 is 0 Å². The Bertz CT molecular complexity index is 1140. The summed E-state index contributed by atoms with van der Waals surface area (Å²) in [5.74, 6) is -0.445. The van der Waals surface area contributed by atoms with Crippen LogP contribution in [0.2, 0.25) is 0 Å². The molecule has 0 amide bonds. The van der Waals surface area contributed by atoms with Gasteiger partial charge in [-0.1, -0.05) is 0 Å². The zero-order chi connectivity index (χ0) is 25.1. The molecule has 11 heteroatoms. The molecular formula is C23H27Br2Cl3F2N4. The van der Waals surface area contributed by atoms with Crippen molar-refractivity contribution in [2.45, 2.75) is 6.54 Å². The van der Waals surface area contributed by atoms with Crippen LogP contribution in [0.15, 0.2) is 51.7 Å². The summed E-state index contributed by atoms with van der Waals surface area (Å²) in [6.45, 7) is 4.28. The number of hydrogen-bond acceptors (Lipinski definition) is 1. The summed E-state index contributed by atoms with van der Waals surface area (Å²) < 4.78 is 29.0. The maximum atomic E-state index is 13.4. The van der Waals surface area contributed by atoms with Gasteiger partial charge in [-0.2, -0.15) is 0 Å². The first-order valence-electron chi connectivity index (χ1n) is 9.61. The second-order valence-electron chi connectivity index (χ2n) is 7.38. The Hall–Kier alpha value is -1.16. The summed E-state index contributed by atoms with van der Waals surface area (Å²) in [5, 5.41) is 2.04. The van der Waals surface area contributed by atoms with Gasteiger partial charge >= 0.3 is 0 Å². The molecule has 4 nitrogen and oxygen atoms in total. The van der Waals surface area contributed by atoms with E-state index in [2.05, 4.69) is 53.4 Å². The predicted octanol–water partition coefficient (Wildman–Crippen LogP) is 4.59. The van der Waals surface area contributed by atoms with Crippen LogP contribution in [-0.2, 0) is 6.54 Å². The van der Waals surface area contributed by atoms with Crippen molar-refractivity contribution in [3.05, 3.63) is 68.9 Å². The Labute approximate surface area is 232 Å². The van der Waals surface area contributed by atoms with E-state index in [1.54, 1.807) is 29.0 Å². The average molecular weight is 664 g/mol. The van der Waals surface area contributed by atoms with Crippen LogP contribution >= 0.6 is 55.1 Å². The lowest BCUT2D eigenvalue weighted by molar-refractivity contribution is -0.454. The van der Waals surface area contributed by atoms with Gasteiger partial charge in [0.15, 0.2) is 0 Å². The van der Waals surface area contributed by atoms with Crippen LogP contribution in [0.4, 0.5) is 8.78 Å². The Kier molecular flexibility index (Phi) is 15.9. The monoisotopic (exact) mass is 660 g/mol. The number of nitrogens with zero attached hydrogens (tertiary/aromatic N) is 2. The van der Waals surface area contributed by atoms with Gasteiger partial charge in [-0.15, -0.1) is 23.2 Å². The maximum Gasteiger partial charge on any atom is 0.138 e. The van der Waals surface area contributed by atoms with Gasteiger partial charge in [0.05, 0.1) is 14.3 Å². The van der Waals surface area contributed by atoms with E-state index in [0.717, 1.165) is 33.9 Å². The predicted molar refractivity (Wildman–Crippen MR) is 145 cm³/mol. The van der Waals surface area contributed by atoms with Crippen molar-refractivity contribution in [1.29, 1.82) is 0 Å². The summed E-state index contributed by atoms with van der Waals surface area (Å²) in [4.78, 5) is 8.19. The second-order valence-corrected chi connectivity index (χ2v) is 9.89. The number of benzene rings is 2. The largest absolute Gasteiger partial charge is 1.00 e. The Morgan fingerprint density at radius 1 is 0.971 bits per heavy atom. The number of nitrogens with one attached hydrogen (secondary N) is 2. The molecule has 0 aliphatic carbocycles. The van der Waals surface area contributed by atoms with Crippen LogP contribution < -0.4 is 12.4 Å². The molecule has 0 saturated carbocycles. The first-order chi connectivity index (χ1) is 15.5. The molecule has 4 aromatic rings. The van der Waals surface area contributed by atoms with Crippen molar-refractivity contribution in [3.8, 4) is 0 Å². The van der Waals surface area contributed by atoms with Gasteiger partial charge in [-0.05, 0) is 81.9 Å². The lowest BCUT2D eigenvalue weighted by Crippen LogP contribution is -3.00. The van der Waals surface area contributed by atoms with Crippen LogP contribution in [0, 0.1) is 11.6 Å². The highest BCUT2D eigenvalue weighted by Gasteiger charge is 2.08. The lowest BCUT2D eigenvalue weighted by Gasteiger charge is -2.07. The molecule has 0 spiro atoms. The number of rotatable bonds is 2. The third-order valence-corrected chi connectivity index (χ3v) is 5.10. The van der Waals surface area contributed by atoms with Crippen LogP contribution in [0.1, 0.15) is 5.56 Å². The minimum Gasteiger partial charge on any atom is -1.00 e. The number of alkyl halides is 2. The highest BCUT2D eigenvalue weighted by atomic mass is 79.9. The number of halogens is 7. The normalized spacial score (nSPS) is 9.85. The lowest BCUT2D eigenvalue weighted by atomic mass is 10.1. The number of aromatic nitrogens is 2. The van der Waals surface area contributed by atoms with Crippen molar-refractivity contribution < 1.29 is 25.8 Å². The Morgan fingerprint density at radius 3 is 2.00 bits per heavy atom. The van der Waals surface area contributed by atoms with Crippen molar-refractivity contribution in [3.63, 3.8) is 0 Å². The van der Waals surface area contributed by atoms with Gasteiger partial charge in [0.25, 0.3) is 0 Å². The summed E-state index contributed by atoms with van der Waals surface area (Å²) in [7, 11) is 7.77. The highest BCUT2D eigenvalue weighted by molar-refractivity contribution is 9.10. The molecule has 2 N–H and O–H groups in total. The standard InChI is InChI=1S/C11H12BrFN2.C8H5BrFN.C3H8N.CH2Cl2.ClH/c1-15(2)6-7-5-14-11-4-9(12)10(13)3-8(7)11;9-6-4-8-5(1-2-11-8)3-7(6)10;1-4(2)3;2-1-3;/h3-5,14H,6H2,1-2H3;1-4,11H;1H2,2-3H3;1H2;1H/q;;+1;;/p-1. The number of hydrogen-bond donors (Lipinski definition) is 2. The fraction of sp³-hybridized carbons (Fsp3) is 0.261. The Morgan fingerprint density at radius 2 is 1.47 bits per heavy atom. The first-order valence-corrected chi connectivity index (χ1v) is 12.3. The second kappa shape index (κ2) is 16.5. The topological polar surface area (TPSA) is 37.8 Å². The molecule has 2 aromatic heterocycles. The Balaban J connectivity index is 0.000000504. The zero-order valence-corrected chi connectivity index (χ0v) is 24.6. The summed E-state index contributed by atoms with van der Waals surface area (Å²) in [5.41, 5.74) is 3.01. The van der Waals surface area contributed by atoms with Crippen LogP contribution in [0.5, 0.6) is 0 Å². The number of H-pyrrole nitrogens is 2. The van der Waals surface area contributed by atoms with Crippen LogP contribution in [0.3, 0.4) is 0 Å². The van der Waals surface area contributed by atoms with Gasteiger partial charge < -0.3 is 27.3 Å². The van der Waals surface area contributed by atoms with Crippen molar-refractivity contribution in [2.75, 3.05) is 33.5 Å². The summed E-state index contributed by atoms with van der Waals surface area (Å²) >= 11 is 15.8. The summed E-state index contributed by atoms with van der Waals surface area (Å²) in [6.07, 6.45) is 3.72. The quantitative estimate of drug-likeness (QED) is 0.184. The molecule has 0 radical (unpaired) electrons. The molecule has 0 fully saturated rings. The van der Waals surface area contributed by atoms with Gasteiger partial charge in [0, 0.05) is 40.7 Å². The number of fused-ring (bicyclic) bond motifs is 2. The van der Waals surface area contributed by atoms with E-state index in [1.165, 1.54) is 6.07 Å². The molecule has 188 valence electrons. The zero-order valence-electron chi connectivity index (χ0n) is 19.2. The van der Waals surface area contributed by atoms with E-state index in [0.29, 0.717) is 8.95 Å². The molecule has 2 aromatic carbocycles. The van der Waals surface area contributed by atoms with Crippen molar-refractivity contribution >= 4 is 83.6 Å². The smallest absolute Gasteiger partial charge is 0.138 e. The third kappa shape index (κ3) is 11.1. The molecule has 0 unspecified atom stereocenters. The molecule has 0 bridgehead atoms.